The number of carbonyl (C=O) groups excluding carboxylic acids is 1. The fourth-order valence-electron chi connectivity index (χ4n) is 5.99. The first kappa shape index (κ1) is 25.0. The highest BCUT2D eigenvalue weighted by Crippen LogP contribution is 2.42. The molecule has 0 atom stereocenters. The van der Waals surface area contributed by atoms with E-state index in [9.17, 15) is 4.79 Å². The lowest BCUT2D eigenvalue weighted by molar-refractivity contribution is 0.101. The second kappa shape index (κ2) is 9.86. The lowest BCUT2D eigenvalue weighted by Gasteiger charge is -2.20. The summed E-state index contributed by atoms with van der Waals surface area (Å²) in [6, 6.07) is 30.3. The molecule has 202 valence electrons. The molecule has 0 spiro atoms. The standard InChI is InChI=1S/C36H30N2O3/c1-21(2)28-17-23(16-24-18-33(41-36(24)28)35(39)22-12-14-25(40-3)15-13-22)34(29-19-37-31-10-6-4-8-26(29)31)30-20-38-32-11-7-5-9-27(30)32/h4-21,34,37-38H,1-3H3. The summed E-state index contributed by atoms with van der Waals surface area (Å²) in [5.41, 5.74) is 8.18. The zero-order valence-corrected chi connectivity index (χ0v) is 23.2. The van der Waals surface area contributed by atoms with Gasteiger partial charge in [-0.3, -0.25) is 4.79 Å². The fraction of sp³-hybridized carbons (Fsp3) is 0.139. The Morgan fingerprint density at radius 3 is 1.95 bits per heavy atom. The summed E-state index contributed by atoms with van der Waals surface area (Å²) >= 11 is 0. The Balaban J connectivity index is 1.43. The maximum absolute atomic E-state index is 13.4. The Morgan fingerprint density at radius 2 is 1.37 bits per heavy atom. The van der Waals surface area contributed by atoms with Crippen molar-refractivity contribution < 1.29 is 13.9 Å². The van der Waals surface area contributed by atoms with E-state index in [0.29, 0.717) is 17.1 Å². The molecular formula is C36H30N2O3. The molecule has 5 heteroatoms. The van der Waals surface area contributed by atoms with Crippen molar-refractivity contribution in [1.29, 1.82) is 0 Å². The molecule has 0 bridgehead atoms. The van der Waals surface area contributed by atoms with Crippen LogP contribution in [0.5, 0.6) is 5.75 Å². The van der Waals surface area contributed by atoms with Gasteiger partial charge in [0.1, 0.15) is 11.3 Å². The molecule has 3 aromatic heterocycles. The van der Waals surface area contributed by atoms with Gasteiger partial charge in [0.05, 0.1) is 7.11 Å². The smallest absolute Gasteiger partial charge is 0.228 e. The minimum absolute atomic E-state index is 0.0418. The summed E-state index contributed by atoms with van der Waals surface area (Å²) in [5, 5.41) is 3.31. The second-order valence-electron chi connectivity index (χ2n) is 10.9. The predicted octanol–water partition coefficient (Wildman–Crippen LogP) is 8.94. The lowest BCUT2D eigenvalue weighted by atomic mass is 9.82. The van der Waals surface area contributed by atoms with Crippen LogP contribution in [0, 0.1) is 0 Å². The third-order valence-electron chi connectivity index (χ3n) is 8.06. The van der Waals surface area contributed by atoms with Crippen LogP contribution in [0.15, 0.2) is 108 Å². The molecule has 0 aliphatic carbocycles. The number of methoxy groups -OCH3 is 1. The van der Waals surface area contributed by atoms with Crippen molar-refractivity contribution in [2.75, 3.05) is 7.11 Å². The summed E-state index contributed by atoms with van der Waals surface area (Å²) in [5.74, 6) is 1.04. The SMILES string of the molecule is COc1ccc(C(=O)c2cc3cc(C(c4c[nH]c5ccccc45)c4c[nH]c5ccccc45)cc(C(C)C)c3o2)cc1. The number of hydrogen-bond acceptors (Lipinski definition) is 3. The average Bonchev–Trinajstić information content (AvgIpc) is 3.74. The number of aromatic amines is 2. The maximum Gasteiger partial charge on any atom is 0.228 e. The highest BCUT2D eigenvalue weighted by atomic mass is 16.5. The number of aromatic nitrogens is 2. The topological polar surface area (TPSA) is 71.0 Å². The highest BCUT2D eigenvalue weighted by Gasteiger charge is 2.26. The first-order chi connectivity index (χ1) is 20.0. The summed E-state index contributed by atoms with van der Waals surface area (Å²) in [7, 11) is 1.61. The van der Waals surface area contributed by atoms with Crippen LogP contribution in [0.1, 0.15) is 64.1 Å². The van der Waals surface area contributed by atoms with Crippen molar-refractivity contribution in [2.45, 2.75) is 25.7 Å². The number of rotatable bonds is 7. The number of fused-ring (bicyclic) bond motifs is 3. The van der Waals surface area contributed by atoms with Gasteiger partial charge in [-0.2, -0.15) is 0 Å². The molecule has 4 aromatic carbocycles. The first-order valence-corrected chi connectivity index (χ1v) is 13.9. The van der Waals surface area contributed by atoms with Crippen molar-refractivity contribution in [3.05, 3.63) is 137 Å². The lowest BCUT2D eigenvalue weighted by Crippen LogP contribution is -2.04. The summed E-state index contributed by atoms with van der Waals surface area (Å²) in [6.07, 6.45) is 4.26. The molecule has 0 fully saturated rings. The van der Waals surface area contributed by atoms with Crippen molar-refractivity contribution in [1.82, 2.24) is 9.97 Å². The van der Waals surface area contributed by atoms with Gasteiger partial charge in [0.25, 0.3) is 0 Å². The third kappa shape index (κ3) is 4.21. The average molecular weight is 539 g/mol. The van der Waals surface area contributed by atoms with Crippen LogP contribution in [-0.2, 0) is 0 Å². The molecule has 0 radical (unpaired) electrons. The zero-order valence-electron chi connectivity index (χ0n) is 23.2. The second-order valence-corrected chi connectivity index (χ2v) is 10.9. The molecule has 0 aliphatic heterocycles. The van der Waals surface area contributed by atoms with Gasteiger partial charge in [0.2, 0.25) is 5.78 Å². The van der Waals surface area contributed by atoms with Gasteiger partial charge in [0, 0.05) is 51.1 Å². The van der Waals surface area contributed by atoms with Gasteiger partial charge in [-0.25, -0.2) is 0 Å². The van der Waals surface area contributed by atoms with Crippen LogP contribution in [0.2, 0.25) is 0 Å². The molecule has 7 aromatic rings. The minimum Gasteiger partial charge on any atom is -0.497 e. The van der Waals surface area contributed by atoms with Gasteiger partial charge >= 0.3 is 0 Å². The summed E-state index contributed by atoms with van der Waals surface area (Å²) < 4.78 is 11.6. The van der Waals surface area contributed by atoms with E-state index in [4.69, 9.17) is 9.15 Å². The van der Waals surface area contributed by atoms with E-state index < -0.39 is 0 Å². The summed E-state index contributed by atoms with van der Waals surface area (Å²) in [6.45, 7) is 4.33. The van der Waals surface area contributed by atoms with E-state index in [1.165, 1.54) is 21.9 Å². The van der Waals surface area contributed by atoms with Crippen LogP contribution in [0.3, 0.4) is 0 Å². The molecule has 41 heavy (non-hydrogen) atoms. The molecule has 0 unspecified atom stereocenters. The maximum atomic E-state index is 13.4. The number of nitrogens with one attached hydrogen (secondary N) is 2. The molecular weight excluding hydrogens is 508 g/mol. The first-order valence-electron chi connectivity index (χ1n) is 13.9. The van der Waals surface area contributed by atoms with E-state index in [2.05, 4.69) is 96.9 Å². The number of carbonyl (C=O) groups is 1. The van der Waals surface area contributed by atoms with E-state index in [0.717, 1.165) is 33.1 Å². The van der Waals surface area contributed by atoms with Gasteiger partial charge in [-0.05, 0) is 76.7 Å². The fourth-order valence-corrected chi connectivity index (χ4v) is 5.99. The normalized spacial score (nSPS) is 11.8. The van der Waals surface area contributed by atoms with Crippen molar-refractivity contribution in [3.63, 3.8) is 0 Å². The monoisotopic (exact) mass is 538 g/mol. The molecule has 0 amide bonds. The van der Waals surface area contributed by atoms with Crippen molar-refractivity contribution >= 4 is 38.6 Å². The van der Waals surface area contributed by atoms with E-state index in [1.54, 1.807) is 31.4 Å². The molecule has 0 aliphatic rings. The Morgan fingerprint density at radius 1 is 0.756 bits per heavy atom. The Kier molecular flexibility index (Phi) is 6.01. The Hall–Kier alpha value is -5.03. The minimum atomic E-state index is -0.148. The summed E-state index contributed by atoms with van der Waals surface area (Å²) in [4.78, 5) is 20.4. The number of furan rings is 1. The highest BCUT2D eigenvalue weighted by molar-refractivity contribution is 6.09. The van der Waals surface area contributed by atoms with E-state index in [1.807, 2.05) is 6.07 Å². The molecule has 0 saturated carbocycles. The van der Waals surface area contributed by atoms with Crippen LogP contribution >= 0.6 is 0 Å². The third-order valence-corrected chi connectivity index (χ3v) is 8.06. The largest absolute Gasteiger partial charge is 0.497 e. The van der Waals surface area contributed by atoms with E-state index in [-0.39, 0.29) is 17.6 Å². The van der Waals surface area contributed by atoms with Crippen molar-refractivity contribution in [3.8, 4) is 5.75 Å². The quantitative estimate of drug-likeness (QED) is 0.199. The Labute approximate surface area is 237 Å². The van der Waals surface area contributed by atoms with Gasteiger partial charge < -0.3 is 19.1 Å². The van der Waals surface area contributed by atoms with Gasteiger partial charge in [-0.1, -0.05) is 56.3 Å². The number of ketones is 1. The van der Waals surface area contributed by atoms with Gasteiger partial charge in [0.15, 0.2) is 5.76 Å². The van der Waals surface area contributed by atoms with Gasteiger partial charge in [-0.15, -0.1) is 0 Å². The molecule has 0 saturated heterocycles. The molecule has 2 N–H and O–H groups in total. The van der Waals surface area contributed by atoms with E-state index >= 15 is 0 Å². The van der Waals surface area contributed by atoms with Crippen molar-refractivity contribution in [2.24, 2.45) is 0 Å². The van der Waals surface area contributed by atoms with Crippen LogP contribution in [0.25, 0.3) is 32.8 Å². The van der Waals surface area contributed by atoms with Crippen LogP contribution in [-0.4, -0.2) is 22.9 Å². The number of hydrogen-bond donors (Lipinski definition) is 2. The molecule has 3 heterocycles. The van der Waals surface area contributed by atoms with Crippen LogP contribution in [0.4, 0.5) is 0 Å². The zero-order chi connectivity index (χ0) is 28.1. The Bertz CT molecular complexity index is 1960. The molecule has 7 rings (SSSR count). The molecule has 5 nitrogen and oxygen atoms in total. The predicted molar refractivity (Wildman–Crippen MR) is 164 cm³/mol. The number of ether oxygens (including phenoxy) is 1. The number of para-hydroxylation sites is 2. The number of H-pyrrole nitrogens is 2. The van der Waals surface area contributed by atoms with Crippen LogP contribution < -0.4 is 4.74 Å². The number of benzene rings is 4.